The maximum absolute atomic E-state index is 11.1. The molecule has 0 amide bonds. The Morgan fingerprint density at radius 2 is 2.05 bits per heavy atom. The van der Waals surface area contributed by atoms with Gasteiger partial charge < -0.3 is 10.1 Å². The van der Waals surface area contributed by atoms with Crippen LogP contribution in [0.3, 0.4) is 0 Å². The van der Waals surface area contributed by atoms with Crippen LogP contribution in [0.1, 0.15) is 6.92 Å². The first-order valence-corrected chi connectivity index (χ1v) is 6.75. The monoisotopic (exact) mass is 400 g/mol. The van der Waals surface area contributed by atoms with Crippen LogP contribution >= 0.6 is 22.6 Å². The van der Waals surface area contributed by atoms with Gasteiger partial charge >= 0.3 is 11.7 Å². The highest BCUT2D eigenvalue weighted by Crippen LogP contribution is 2.28. The predicted molar refractivity (Wildman–Crippen MR) is 82.4 cm³/mol. The van der Waals surface area contributed by atoms with Crippen LogP contribution in [0.4, 0.5) is 17.3 Å². The van der Waals surface area contributed by atoms with Crippen LogP contribution in [0, 0.1) is 13.7 Å². The van der Waals surface area contributed by atoms with Gasteiger partial charge in [-0.25, -0.2) is 9.97 Å². The first-order valence-electron chi connectivity index (χ1n) is 5.67. The number of anilines is 2. The number of nitrogens with zero attached hydrogens (tertiary/aromatic N) is 3. The lowest BCUT2D eigenvalue weighted by atomic mass is 10.3. The zero-order valence-electron chi connectivity index (χ0n) is 10.7. The van der Waals surface area contributed by atoms with Crippen molar-refractivity contribution < 1.29 is 14.5 Å². The van der Waals surface area contributed by atoms with E-state index in [1.807, 2.05) is 0 Å². The highest BCUT2D eigenvalue weighted by molar-refractivity contribution is 14.1. The van der Waals surface area contributed by atoms with Crippen molar-refractivity contribution >= 4 is 45.9 Å². The third-order valence-electron chi connectivity index (χ3n) is 2.29. The van der Waals surface area contributed by atoms with Crippen LogP contribution in [-0.4, -0.2) is 20.9 Å². The molecule has 0 bridgehead atoms. The zero-order valence-corrected chi connectivity index (χ0v) is 12.9. The summed E-state index contributed by atoms with van der Waals surface area (Å²) in [5, 5.41) is 13.4. The molecule has 1 heterocycles. The number of carbonyl (C=O) groups is 1. The van der Waals surface area contributed by atoms with Crippen molar-refractivity contribution in [2.24, 2.45) is 0 Å². The maximum Gasteiger partial charge on any atom is 0.308 e. The number of carbonyl (C=O) groups excluding carboxylic acids is 1. The lowest BCUT2D eigenvalue weighted by Crippen LogP contribution is -2.05. The lowest BCUT2D eigenvalue weighted by molar-refractivity contribution is -0.385. The van der Waals surface area contributed by atoms with Crippen LogP contribution in [-0.2, 0) is 4.79 Å². The molecule has 21 heavy (non-hydrogen) atoms. The Labute approximate surface area is 132 Å². The Balaban J connectivity index is 2.26. The van der Waals surface area contributed by atoms with E-state index in [1.165, 1.54) is 6.92 Å². The van der Waals surface area contributed by atoms with Gasteiger partial charge in [-0.15, -0.1) is 0 Å². The molecular formula is C12H9IN4O4. The van der Waals surface area contributed by atoms with Crippen LogP contribution < -0.4 is 10.1 Å². The predicted octanol–water partition coefficient (Wildman–Crippen LogP) is 2.66. The number of aromatic nitrogens is 2. The maximum atomic E-state index is 11.1. The van der Waals surface area contributed by atoms with Crippen LogP contribution in [0.2, 0.25) is 0 Å². The Kier molecular flexibility index (Phi) is 4.62. The normalized spacial score (nSPS) is 10.0. The number of esters is 1. The number of ether oxygens (including phenoxy) is 1. The van der Waals surface area contributed by atoms with Crippen molar-refractivity contribution in [3.05, 3.63) is 44.3 Å². The molecule has 0 fully saturated rings. The molecule has 0 aliphatic rings. The lowest BCUT2D eigenvalue weighted by Gasteiger charge is -2.10. The molecule has 9 heteroatoms. The smallest absolute Gasteiger partial charge is 0.308 e. The van der Waals surface area contributed by atoms with Gasteiger partial charge in [0, 0.05) is 10.5 Å². The molecule has 0 unspecified atom stereocenters. The number of hydrogen-bond acceptors (Lipinski definition) is 7. The minimum absolute atomic E-state index is 0.162. The third kappa shape index (κ3) is 4.08. The summed E-state index contributed by atoms with van der Waals surface area (Å²) in [6, 6.07) is 5.18. The van der Waals surface area contributed by atoms with Gasteiger partial charge in [-0.2, -0.15) is 0 Å². The minimum atomic E-state index is -0.584. The van der Waals surface area contributed by atoms with Crippen LogP contribution in [0.5, 0.6) is 5.75 Å². The number of benzene rings is 1. The molecule has 0 saturated carbocycles. The fourth-order valence-corrected chi connectivity index (χ4v) is 1.90. The van der Waals surface area contributed by atoms with Crippen molar-refractivity contribution in [1.29, 1.82) is 0 Å². The van der Waals surface area contributed by atoms with E-state index in [2.05, 4.69) is 37.9 Å². The minimum Gasteiger partial charge on any atom is -0.424 e. The van der Waals surface area contributed by atoms with E-state index in [1.54, 1.807) is 18.2 Å². The second-order valence-corrected chi connectivity index (χ2v) is 5.13. The molecule has 2 aromatic rings. The van der Waals surface area contributed by atoms with E-state index < -0.39 is 10.9 Å². The number of halogens is 1. The molecule has 8 nitrogen and oxygen atoms in total. The molecule has 1 N–H and O–H groups in total. The van der Waals surface area contributed by atoms with Crippen LogP contribution in [0.15, 0.2) is 30.6 Å². The van der Waals surface area contributed by atoms with E-state index in [4.69, 9.17) is 4.74 Å². The molecule has 0 aliphatic carbocycles. The Morgan fingerprint density at radius 1 is 1.38 bits per heavy atom. The van der Waals surface area contributed by atoms with Crippen molar-refractivity contribution in [3.8, 4) is 5.75 Å². The Bertz CT molecular complexity index is 690. The fraction of sp³-hybridized carbons (Fsp3) is 0.0833. The first-order chi connectivity index (χ1) is 9.95. The summed E-state index contributed by atoms with van der Waals surface area (Å²) in [4.78, 5) is 28.7. The van der Waals surface area contributed by atoms with Crippen molar-refractivity contribution in [2.75, 3.05) is 5.32 Å². The molecule has 1 aromatic heterocycles. The average Bonchev–Trinajstić information content (AvgIpc) is 2.42. The summed E-state index contributed by atoms with van der Waals surface area (Å²) in [6.45, 7) is 1.30. The van der Waals surface area contributed by atoms with Gasteiger partial charge in [-0.3, -0.25) is 14.9 Å². The summed E-state index contributed by atoms with van der Waals surface area (Å²) in [5.41, 5.74) is 0.280. The summed E-state index contributed by atoms with van der Waals surface area (Å²) in [5.74, 6) is 0.0382. The molecule has 0 radical (unpaired) electrons. The molecule has 1 aromatic carbocycles. The Hall–Kier alpha value is -2.30. The third-order valence-corrected chi connectivity index (χ3v) is 2.96. The van der Waals surface area contributed by atoms with Gasteiger partial charge in [0.25, 0.3) is 0 Å². The Morgan fingerprint density at radius 3 is 2.62 bits per heavy atom. The molecule has 108 valence electrons. The van der Waals surface area contributed by atoms with Gasteiger partial charge in [0.05, 0.1) is 10.6 Å². The van der Waals surface area contributed by atoms with Gasteiger partial charge in [-0.05, 0) is 40.8 Å². The van der Waals surface area contributed by atoms with E-state index >= 15 is 0 Å². The van der Waals surface area contributed by atoms with Gasteiger partial charge in [0.15, 0.2) is 5.75 Å². The molecular weight excluding hydrogens is 391 g/mol. The van der Waals surface area contributed by atoms with Gasteiger partial charge in [-0.1, -0.05) is 0 Å². The van der Waals surface area contributed by atoms with Crippen molar-refractivity contribution in [1.82, 2.24) is 9.97 Å². The standard InChI is InChI=1S/C12H9IN4O4/c1-7(18)21-11-4-8(13)2-3-10(11)16-12-14-5-9(6-15-12)17(19)20/h2-6H,1H3,(H,14,15,16). The molecule has 0 atom stereocenters. The molecule has 0 aliphatic heterocycles. The average molecular weight is 400 g/mol. The van der Waals surface area contributed by atoms with Crippen LogP contribution in [0.25, 0.3) is 0 Å². The zero-order chi connectivity index (χ0) is 15.4. The van der Waals surface area contributed by atoms with E-state index in [0.717, 1.165) is 16.0 Å². The molecule has 0 saturated heterocycles. The van der Waals surface area contributed by atoms with Gasteiger partial charge in [0.1, 0.15) is 12.4 Å². The van der Waals surface area contributed by atoms with Crippen molar-refractivity contribution in [2.45, 2.75) is 6.92 Å². The summed E-state index contributed by atoms with van der Waals surface area (Å²) in [7, 11) is 0. The van der Waals surface area contributed by atoms with E-state index in [0.29, 0.717) is 11.4 Å². The largest absolute Gasteiger partial charge is 0.424 e. The number of nitro groups is 1. The highest BCUT2D eigenvalue weighted by atomic mass is 127. The number of nitrogens with one attached hydrogen (secondary N) is 1. The summed E-state index contributed by atoms with van der Waals surface area (Å²) < 4.78 is 5.98. The number of rotatable bonds is 4. The molecule has 0 spiro atoms. The SMILES string of the molecule is CC(=O)Oc1cc(I)ccc1Nc1ncc([N+](=O)[O-])cn1. The first kappa shape index (κ1) is 15.1. The topological polar surface area (TPSA) is 107 Å². The fourth-order valence-electron chi connectivity index (χ4n) is 1.44. The summed E-state index contributed by atoms with van der Waals surface area (Å²) in [6.07, 6.45) is 2.18. The van der Waals surface area contributed by atoms with E-state index in [9.17, 15) is 14.9 Å². The molecule has 2 rings (SSSR count). The van der Waals surface area contributed by atoms with Crippen molar-refractivity contribution in [3.63, 3.8) is 0 Å². The quantitative estimate of drug-likeness (QED) is 0.276. The second kappa shape index (κ2) is 6.43. The second-order valence-electron chi connectivity index (χ2n) is 3.88. The highest BCUT2D eigenvalue weighted by Gasteiger charge is 2.11. The van der Waals surface area contributed by atoms with E-state index in [-0.39, 0.29) is 11.6 Å². The summed E-state index contributed by atoms with van der Waals surface area (Å²) >= 11 is 2.09. The number of hydrogen-bond donors (Lipinski definition) is 1. The van der Waals surface area contributed by atoms with Gasteiger partial charge in [0.2, 0.25) is 5.95 Å².